The van der Waals surface area contributed by atoms with E-state index in [0.717, 1.165) is 0 Å². The standard InChI is InChI=1S/C6H10F3NO.ClH/c7-6(8,9)5-1-4(2-10)3-11-5;/h4-5H,1-3,10H2;1H/t4-,5+;/m1./s1. The van der Waals surface area contributed by atoms with Gasteiger partial charge in [0.05, 0.1) is 6.61 Å². The van der Waals surface area contributed by atoms with E-state index >= 15 is 0 Å². The van der Waals surface area contributed by atoms with E-state index in [-0.39, 0.29) is 37.9 Å². The molecule has 2 N–H and O–H groups in total. The minimum Gasteiger partial charge on any atom is -0.368 e. The maximum Gasteiger partial charge on any atom is 0.414 e. The van der Waals surface area contributed by atoms with Gasteiger partial charge in [0, 0.05) is 0 Å². The van der Waals surface area contributed by atoms with Crippen LogP contribution in [-0.2, 0) is 4.74 Å². The van der Waals surface area contributed by atoms with Crippen molar-refractivity contribution in [3.05, 3.63) is 0 Å². The minimum absolute atomic E-state index is 0. The third kappa shape index (κ3) is 2.80. The molecule has 1 saturated heterocycles. The number of ether oxygens (including phenoxy) is 1. The van der Waals surface area contributed by atoms with E-state index < -0.39 is 12.3 Å². The van der Waals surface area contributed by atoms with Gasteiger partial charge in [0.1, 0.15) is 0 Å². The fourth-order valence-corrected chi connectivity index (χ4v) is 1.08. The van der Waals surface area contributed by atoms with Crippen molar-refractivity contribution in [1.29, 1.82) is 0 Å². The van der Waals surface area contributed by atoms with Crippen LogP contribution in [0.1, 0.15) is 6.42 Å². The highest BCUT2D eigenvalue weighted by atomic mass is 35.5. The van der Waals surface area contributed by atoms with E-state index in [0.29, 0.717) is 0 Å². The zero-order chi connectivity index (χ0) is 8.48. The lowest BCUT2D eigenvalue weighted by Gasteiger charge is -2.12. The van der Waals surface area contributed by atoms with Crippen LogP contribution in [0.15, 0.2) is 0 Å². The second-order valence-corrected chi connectivity index (χ2v) is 2.70. The first-order chi connectivity index (χ1) is 5.04. The van der Waals surface area contributed by atoms with Gasteiger partial charge in [-0.2, -0.15) is 13.2 Å². The number of halogens is 4. The second-order valence-electron chi connectivity index (χ2n) is 2.70. The smallest absolute Gasteiger partial charge is 0.368 e. The van der Waals surface area contributed by atoms with Crippen molar-refractivity contribution < 1.29 is 17.9 Å². The molecule has 0 spiro atoms. The highest BCUT2D eigenvalue weighted by Gasteiger charge is 2.45. The van der Waals surface area contributed by atoms with Crippen molar-refractivity contribution in [2.45, 2.75) is 18.7 Å². The Hall–Kier alpha value is -0.0000000000000000555. The normalized spacial score (nSPS) is 30.0. The van der Waals surface area contributed by atoms with E-state index in [1.54, 1.807) is 0 Å². The predicted molar refractivity (Wildman–Crippen MR) is 40.2 cm³/mol. The Morgan fingerprint density at radius 1 is 1.42 bits per heavy atom. The molecule has 2 nitrogen and oxygen atoms in total. The summed E-state index contributed by atoms with van der Waals surface area (Å²) in [5, 5.41) is 0. The lowest BCUT2D eigenvalue weighted by atomic mass is 10.1. The highest BCUT2D eigenvalue weighted by Crippen LogP contribution is 2.32. The molecule has 74 valence electrons. The van der Waals surface area contributed by atoms with Gasteiger partial charge in [0.2, 0.25) is 0 Å². The Labute approximate surface area is 74.7 Å². The third-order valence-corrected chi connectivity index (χ3v) is 1.78. The molecule has 0 aromatic heterocycles. The molecule has 0 aromatic rings. The van der Waals surface area contributed by atoms with E-state index in [9.17, 15) is 13.2 Å². The molecule has 12 heavy (non-hydrogen) atoms. The van der Waals surface area contributed by atoms with Crippen molar-refractivity contribution >= 4 is 12.4 Å². The van der Waals surface area contributed by atoms with Gasteiger partial charge in [-0.25, -0.2) is 0 Å². The zero-order valence-electron chi connectivity index (χ0n) is 6.30. The van der Waals surface area contributed by atoms with Crippen LogP contribution in [0, 0.1) is 5.92 Å². The summed E-state index contributed by atoms with van der Waals surface area (Å²) >= 11 is 0. The van der Waals surface area contributed by atoms with Gasteiger partial charge in [0.15, 0.2) is 6.10 Å². The molecular weight excluding hydrogens is 195 g/mol. The summed E-state index contributed by atoms with van der Waals surface area (Å²) < 4.78 is 40.2. The van der Waals surface area contributed by atoms with Crippen molar-refractivity contribution in [3.8, 4) is 0 Å². The van der Waals surface area contributed by atoms with Crippen LogP contribution in [0.3, 0.4) is 0 Å². The van der Waals surface area contributed by atoms with E-state index in [1.807, 2.05) is 0 Å². The van der Waals surface area contributed by atoms with Crippen molar-refractivity contribution in [2.75, 3.05) is 13.2 Å². The molecule has 6 heteroatoms. The minimum atomic E-state index is -4.22. The number of alkyl halides is 3. The third-order valence-electron chi connectivity index (χ3n) is 1.78. The van der Waals surface area contributed by atoms with E-state index in [4.69, 9.17) is 5.73 Å². The van der Waals surface area contributed by atoms with Crippen LogP contribution in [0.4, 0.5) is 13.2 Å². The predicted octanol–water partition coefficient (Wildman–Crippen LogP) is 1.33. The Balaban J connectivity index is 0.00000121. The number of hydrogen-bond donors (Lipinski definition) is 1. The largest absolute Gasteiger partial charge is 0.414 e. The molecule has 1 aliphatic rings. The van der Waals surface area contributed by atoms with Crippen LogP contribution in [-0.4, -0.2) is 25.4 Å². The van der Waals surface area contributed by atoms with Crippen molar-refractivity contribution in [2.24, 2.45) is 11.7 Å². The van der Waals surface area contributed by atoms with Gasteiger partial charge < -0.3 is 10.5 Å². The Kier molecular flexibility index (Phi) is 4.30. The molecule has 0 bridgehead atoms. The van der Waals surface area contributed by atoms with Gasteiger partial charge in [-0.3, -0.25) is 0 Å². The first-order valence-electron chi connectivity index (χ1n) is 3.42. The SMILES string of the molecule is Cl.NC[C@@H]1CO[C@H](C(F)(F)F)C1. The Morgan fingerprint density at radius 3 is 2.25 bits per heavy atom. The maximum atomic E-state index is 11.9. The topological polar surface area (TPSA) is 35.2 Å². The summed E-state index contributed by atoms with van der Waals surface area (Å²) in [4.78, 5) is 0. The fourth-order valence-electron chi connectivity index (χ4n) is 1.08. The highest BCUT2D eigenvalue weighted by molar-refractivity contribution is 5.85. The summed E-state index contributed by atoms with van der Waals surface area (Å²) in [6.07, 6.45) is -5.79. The zero-order valence-corrected chi connectivity index (χ0v) is 7.12. The lowest BCUT2D eigenvalue weighted by molar-refractivity contribution is -0.206. The first-order valence-corrected chi connectivity index (χ1v) is 3.42. The molecule has 1 fully saturated rings. The number of rotatable bonds is 1. The van der Waals surface area contributed by atoms with Crippen molar-refractivity contribution in [3.63, 3.8) is 0 Å². The van der Waals surface area contributed by atoms with Crippen LogP contribution in [0.5, 0.6) is 0 Å². The van der Waals surface area contributed by atoms with E-state index in [2.05, 4.69) is 4.74 Å². The molecule has 0 aromatic carbocycles. The van der Waals surface area contributed by atoms with Gasteiger partial charge in [-0.05, 0) is 18.9 Å². The van der Waals surface area contributed by atoms with Gasteiger partial charge >= 0.3 is 6.18 Å². The van der Waals surface area contributed by atoms with E-state index in [1.165, 1.54) is 0 Å². The Morgan fingerprint density at radius 2 is 2.00 bits per heavy atom. The number of nitrogens with two attached hydrogens (primary N) is 1. The van der Waals surface area contributed by atoms with Gasteiger partial charge in [-0.1, -0.05) is 0 Å². The maximum absolute atomic E-state index is 11.9. The second kappa shape index (κ2) is 4.30. The summed E-state index contributed by atoms with van der Waals surface area (Å²) in [5.74, 6) is -0.123. The van der Waals surface area contributed by atoms with Crippen LogP contribution < -0.4 is 5.73 Å². The molecule has 1 aliphatic heterocycles. The molecule has 2 atom stereocenters. The molecule has 1 rings (SSSR count). The molecule has 0 amide bonds. The molecule has 0 aliphatic carbocycles. The van der Waals surface area contributed by atoms with Crippen molar-refractivity contribution in [1.82, 2.24) is 0 Å². The average molecular weight is 206 g/mol. The van der Waals surface area contributed by atoms with Crippen LogP contribution in [0.25, 0.3) is 0 Å². The van der Waals surface area contributed by atoms with Gasteiger partial charge in [0.25, 0.3) is 0 Å². The number of hydrogen-bond acceptors (Lipinski definition) is 2. The molecule has 1 heterocycles. The monoisotopic (exact) mass is 205 g/mol. The quantitative estimate of drug-likeness (QED) is 0.701. The van der Waals surface area contributed by atoms with Gasteiger partial charge in [-0.15, -0.1) is 12.4 Å². The molecule has 0 unspecified atom stereocenters. The van der Waals surface area contributed by atoms with Crippen LogP contribution in [0.2, 0.25) is 0 Å². The average Bonchev–Trinajstić information content (AvgIpc) is 2.32. The summed E-state index contributed by atoms with van der Waals surface area (Å²) in [5.41, 5.74) is 5.19. The lowest BCUT2D eigenvalue weighted by Crippen LogP contribution is -2.28. The summed E-state index contributed by atoms with van der Waals surface area (Å²) in [7, 11) is 0. The Bertz CT molecular complexity index is 141. The molecular formula is C6H11ClF3NO. The molecule has 0 radical (unpaired) electrons. The summed E-state index contributed by atoms with van der Waals surface area (Å²) in [6.45, 7) is 0.410. The van der Waals surface area contributed by atoms with Crippen LogP contribution >= 0.6 is 12.4 Å². The molecule has 0 saturated carbocycles. The summed E-state index contributed by atoms with van der Waals surface area (Å²) in [6, 6.07) is 0. The first kappa shape index (κ1) is 12.0. The fraction of sp³-hybridized carbons (Fsp3) is 1.00.